The van der Waals surface area contributed by atoms with Crippen molar-refractivity contribution in [3.63, 3.8) is 0 Å². The number of allylic oxidation sites excluding steroid dienone is 1. The molecule has 0 amide bonds. The minimum absolute atomic E-state index is 0. The van der Waals surface area contributed by atoms with Gasteiger partial charge in [0.1, 0.15) is 0 Å². The van der Waals surface area contributed by atoms with E-state index in [1.54, 1.807) is 6.08 Å². The van der Waals surface area contributed by atoms with E-state index in [1.165, 1.54) is 38.5 Å². The Morgan fingerprint density at radius 3 is 2.06 bits per heavy atom. The predicted octanol–water partition coefficient (Wildman–Crippen LogP) is 0.463. The molecule has 2 nitrogen and oxygen atoms in total. The number of aliphatic carboxylic acids is 1. The Hall–Kier alpha value is 0.210. The molecule has 0 N–H and O–H groups in total. The molecule has 0 aliphatic heterocycles. The Labute approximate surface area is 135 Å². The molecule has 0 saturated heterocycles. The minimum Gasteiger partial charge on any atom is -0.550 e. The van der Waals surface area contributed by atoms with E-state index in [9.17, 15) is 9.90 Å². The Bertz CT molecular complexity index is 205. The molecule has 0 bridgehead atoms. The molecule has 0 spiro atoms. The number of unbranched alkanes of at least 4 members (excludes halogenated alkanes) is 7. The first-order valence-electron chi connectivity index (χ1n) is 7.04. The van der Waals surface area contributed by atoms with Crippen LogP contribution >= 0.6 is 0 Å². The van der Waals surface area contributed by atoms with Crippen LogP contribution in [0.4, 0.5) is 0 Å². The number of hydrogen-bond acceptors (Lipinski definition) is 2. The molecule has 0 saturated carbocycles. The summed E-state index contributed by atoms with van der Waals surface area (Å²) in [4.78, 5) is 10.8. The topological polar surface area (TPSA) is 40.1 Å². The molecule has 1 atom stereocenters. The summed E-state index contributed by atoms with van der Waals surface area (Å²) in [6.07, 6.45) is 12.9. The molecule has 0 aromatic carbocycles. The van der Waals surface area contributed by atoms with Gasteiger partial charge in [-0.2, -0.15) is 0 Å². The smallest absolute Gasteiger partial charge is 0.550 e. The largest absolute Gasteiger partial charge is 1.00 e. The Kier molecular flexibility index (Phi) is 17.4. The van der Waals surface area contributed by atoms with Crippen LogP contribution in [0.25, 0.3) is 0 Å². The number of carboxylic acid groups (broad SMARTS) is 1. The van der Waals surface area contributed by atoms with Crippen molar-refractivity contribution in [2.75, 3.05) is 0 Å². The molecular formula is C15H27NaO2. The molecule has 0 fully saturated rings. The number of rotatable bonds is 12. The second-order valence-electron chi connectivity index (χ2n) is 4.80. The van der Waals surface area contributed by atoms with E-state index in [1.807, 2.05) is 0 Å². The van der Waals surface area contributed by atoms with Crippen LogP contribution in [0.3, 0.4) is 0 Å². The third kappa shape index (κ3) is 12.7. The van der Waals surface area contributed by atoms with Gasteiger partial charge in [0.05, 0.1) is 0 Å². The first kappa shape index (κ1) is 20.5. The van der Waals surface area contributed by atoms with Gasteiger partial charge in [-0.3, -0.25) is 0 Å². The van der Waals surface area contributed by atoms with Crippen molar-refractivity contribution in [1.29, 1.82) is 0 Å². The molecule has 18 heavy (non-hydrogen) atoms. The monoisotopic (exact) mass is 262 g/mol. The Morgan fingerprint density at radius 2 is 1.61 bits per heavy atom. The van der Waals surface area contributed by atoms with Gasteiger partial charge in [-0.05, 0) is 12.8 Å². The summed E-state index contributed by atoms with van der Waals surface area (Å²) < 4.78 is 0. The molecule has 0 aromatic rings. The van der Waals surface area contributed by atoms with Gasteiger partial charge < -0.3 is 9.90 Å². The summed E-state index contributed by atoms with van der Waals surface area (Å²) in [7, 11) is 0. The summed E-state index contributed by atoms with van der Waals surface area (Å²) in [5.41, 5.74) is 0. The third-order valence-electron chi connectivity index (χ3n) is 3.19. The number of carbonyl (C=O) groups is 1. The molecule has 0 heterocycles. The normalized spacial score (nSPS) is 11.6. The molecule has 0 rings (SSSR count). The first-order valence-corrected chi connectivity index (χ1v) is 7.04. The maximum absolute atomic E-state index is 10.8. The fourth-order valence-electron chi connectivity index (χ4n) is 2.06. The van der Waals surface area contributed by atoms with Crippen molar-refractivity contribution in [3.05, 3.63) is 12.7 Å². The van der Waals surface area contributed by atoms with Crippen LogP contribution < -0.4 is 34.7 Å². The quantitative estimate of drug-likeness (QED) is 0.291. The second-order valence-corrected chi connectivity index (χ2v) is 4.80. The Morgan fingerprint density at radius 1 is 1.11 bits per heavy atom. The van der Waals surface area contributed by atoms with Gasteiger partial charge in [-0.15, -0.1) is 6.58 Å². The van der Waals surface area contributed by atoms with Crippen LogP contribution in [0.5, 0.6) is 0 Å². The molecule has 0 aliphatic carbocycles. The number of carbonyl (C=O) groups excluding carboxylic acids is 1. The first-order chi connectivity index (χ1) is 8.22. The molecule has 100 valence electrons. The van der Waals surface area contributed by atoms with Gasteiger partial charge in [0, 0.05) is 11.9 Å². The molecule has 0 radical (unpaired) electrons. The van der Waals surface area contributed by atoms with Gasteiger partial charge >= 0.3 is 29.6 Å². The van der Waals surface area contributed by atoms with Crippen molar-refractivity contribution in [1.82, 2.24) is 0 Å². The van der Waals surface area contributed by atoms with Gasteiger partial charge in [-0.1, -0.05) is 64.4 Å². The van der Waals surface area contributed by atoms with Crippen molar-refractivity contribution in [3.8, 4) is 0 Å². The van der Waals surface area contributed by atoms with Crippen LogP contribution in [0.2, 0.25) is 0 Å². The molecule has 0 aromatic heterocycles. The van der Waals surface area contributed by atoms with Crippen molar-refractivity contribution >= 4 is 5.97 Å². The van der Waals surface area contributed by atoms with E-state index < -0.39 is 5.97 Å². The van der Waals surface area contributed by atoms with Gasteiger partial charge in [0.15, 0.2) is 0 Å². The SMILES string of the molecule is C=CCC(CCCCCCCCCC)C(=O)[O-].[Na+]. The molecule has 3 heteroatoms. The maximum Gasteiger partial charge on any atom is 1.00 e. The van der Waals surface area contributed by atoms with Crippen LogP contribution in [-0.4, -0.2) is 5.97 Å². The van der Waals surface area contributed by atoms with E-state index in [2.05, 4.69) is 13.5 Å². The van der Waals surface area contributed by atoms with E-state index in [4.69, 9.17) is 0 Å². The zero-order valence-corrected chi connectivity index (χ0v) is 14.2. The molecule has 0 aliphatic rings. The standard InChI is InChI=1S/C15H28O2.Na/c1-3-5-6-7-8-9-10-11-13-14(12-4-2)15(16)17;/h4,14H,2-3,5-13H2,1H3,(H,16,17);/q;+1/p-1. The fourth-order valence-corrected chi connectivity index (χ4v) is 2.06. The van der Waals surface area contributed by atoms with E-state index >= 15 is 0 Å². The average Bonchev–Trinajstić information content (AvgIpc) is 2.31. The second kappa shape index (κ2) is 15.3. The fraction of sp³-hybridized carbons (Fsp3) is 0.800. The van der Waals surface area contributed by atoms with Crippen LogP contribution in [0.15, 0.2) is 12.7 Å². The zero-order chi connectivity index (χ0) is 12.9. The molecular weight excluding hydrogens is 235 g/mol. The van der Waals surface area contributed by atoms with Crippen LogP contribution in [0.1, 0.15) is 71.1 Å². The van der Waals surface area contributed by atoms with Crippen LogP contribution in [-0.2, 0) is 4.79 Å². The third-order valence-corrected chi connectivity index (χ3v) is 3.19. The number of hydrogen-bond donors (Lipinski definition) is 0. The summed E-state index contributed by atoms with van der Waals surface area (Å²) in [6.45, 7) is 5.80. The van der Waals surface area contributed by atoms with Gasteiger partial charge in [0.25, 0.3) is 0 Å². The van der Waals surface area contributed by atoms with Crippen molar-refractivity contribution < 1.29 is 39.5 Å². The van der Waals surface area contributed by atoms with E-state index in [0.717, 1.165) is 19.3 Å². The van der Waals surface area contributed by atoms with Gasteiger partial charge in [0.2, 0.25) is 0 Å². The summed E-state index contributed by atoms with van der Waals surface area (Å²) in [5, 5.41) is 10.8. The summed E-state index contributed by atoms with van der Waals surface area (Å²) in [5.74, 6) is -1.25. The summed E-state index contributed by atoms with van der Waals surface area (Å²) >= 11 is 0. The maximum atomic E-state index is 10.8. The van der Waals surface area contributed by atoms with Crippen molar-refractivity contribution in [2.45, 2.75) is 71.1 Å². The molecule has 1 unspecified atom stereocenters. The van der Waals surface area contributed by atoms with Gasteiger partial charge in [-0.25, -0.2) is 0 Å². The van der Waals surface area contributed by atoms with Crippen molar-refractivity contribution in [2.24, 2.45) is 5.92 Å². The average molecular weight is 262 g/mol. The summed E-state index contributed by atoms with van der Waals surface area (Å²) in [6, 6.07) is 0. The van der Waals surface area contributed by atoms with E-state index in [-0.39, 0.29) is 35.5 Å². The minimum atomic E-state index is -0.923. The van der Waals surface area contributed by atoms with E-state index in [0.29, 0.717) is 6.42 Å². The predicted molar refractivity (Wildman–Crippen MR) is 70.5 cm³/mol. The van der Waals surface area contributed by atoms with Crippen LogP contribution in [0, 0.1) is 5.92 Å². The Balaban J connectivity index is 0. The zero-order valence-electron chi connectivity index (χ0n) is 12.2. The number of carboxylic acids is 1.